The lowest BCUT2D eigenvalue weighted by molar-refractivity contribution is 0.395. The molecule has 0 aliphatic carbocycles. The molecule has 15 heavy (non-hydrogen) atoms. The number of nitrogens with zero attached hydrogens (tertiary/aromatic N) is 2. The summed E-state index contributed by atoms with van der Waals surface area (Å²) < 4.78 is 10.4. The summed E-state index contributed by atoms with van der Waals surface area (Å²) in [7, 11) is 0. The third-order valence-electron chi connectivity index (χ3n) is 2.20. The van der Waals surface area contributed by atoms with Crippen LogP contribution in [0.5, 0.6) is 0 Å². The van der Waals surface area contributed by atoms with Gasteiger partial charge >= 0.3 is 0 Å². The van der Waals surface area contributed by atoms with Gasteiger partial charge in [0.15, 0.2) is 5.76 Å². The maximum absolute atomic E-state index is 5.80. The Bertz CT molecular complexity index is 598. The van der Waals surface area contributed by atoms with E-state index in [1.54, 1.807) is 0 Å². The van der Waals surface area contributed by atoms with Gasteiger partial charge in [-0.05, 0) is 18.2 Å². The third-order valence-corrected chi connectivity index (χ3v) is 2.20. The lowest BCUT2D eigenvalue weighted by atomic mass is 10.2. The molecule has 74 valence electrons. The Morgan fingerprint density at radius 2 is 2.13 bits per heavy atom. The lowest BCUT2D eigenvalue weighted by Gasteiger charge is -1.90. The highest BCUT2D eigenvalue weighted by molar-refractivity contribution is 5.92. The smallest absolute Gasteiger partial charge is 0.222 e. The Hall–Kier alpha value is -2.30. The van der Waals surface area contributed by atoms with Crippen molar-refractivity contribution in [2.45, 2.75) is 0 Å². The summed E-state index contributed by atoms with van der Waals surface area (Å²) in [5, 5.41) is 7.82. The first-order valence-electron chi connectivity index (χ1n) is 4.40. The molecule has 0 bridgehead atoms. The summed E-state index contributed by atoms with van der Waals surface area (Å²) in [5.74, 6) is 1.07. The van der Waals surface area contributed by atoms with Crippen molar-refractivity contribution in [2.24, 2.45) is 0 Å². The molecule has 0 aliphatic rings. The molecule has 3 rings (SSSR count). The molecule has 2 heterocycles. The van der Waals surface area contributed by atoms with Crippen LogP contribution in [-0.4, -0.2) is 10.4 Å². The second kappa shape index (κ2) is 2.84. The van der Waals surface area contributed by atoms with E-state index in [0.717, 1.165) is 11.0 Å². The maximum Gasteiger partial charge on any atom is 0.222 e. The first-order valence-corrected chi connectivity index (χ1v) is 4.40. The van der Waals surface area contributed by atoms with Crippen molar-refractivity contribution in [1.82, 2.24) is 10.4 Å². The van der Waals surface area contributed by atoms with Crippen molar-refractivity contribution >= 4 is 16.7 Å². The van der Waals surface area contributed by atoms with Crippen molar-refractivity contribution < 1.29 is 8.94 Å². The molecule has 2 N–H and O–H groups in total. The number of hydrogen-bond acceptors (Lipinski definition) is 5. The summed E-state index contributed by atoms with van der Waals surface area (Å²) in [5.41, 5.74) is 7.20. The van der Waals surface area contributed by atoms with Crippen LogP contribution in [0.2, 0.25) is 0 Å². The van der Waals surface area contributed by atoms with E-state index in [4.69, 9.17) is 14.7 Å². The predicted molar refractivity (Wildman–Crippen MR) is 53.9 cm³/mol. The minimum atomic E-state index is 0.491. The summed E-state index contributed by atoms with van der Waals surface area (Å²) >= 11 is 0. The quantitative estimate of drug-likeness (QED) is 0.609. The van der Waals surface area contributed by atoms with E-state index in [-0.39, 0.29) is 0 Å². The number of nitrogen functional groups attached to an aromatic ring is 1. The molecule has 2 aromatic heterocycles. The van der Waals surface area contributed by atoms with Gasteiger partial charge in [0.25, 0.3) is 0 Å². The predicted octanol–water partition coefficient (Wildman–Crippen LogP) is 2.06. The molecule has 0 saturated carbocycles. The van der Waals surface area contributed by atoms with E-state index in [2.05, 4.69) is 10.4 Å². The normalized spacial score (nSPS) is 10.9. The van der Waals surface area contributed by atoms with Gasteiger partial charge in [-0.1, -0.05) is 6.07 Å². The fourth-order valence-corrected chi connectivity index (χ4v) is 1.48. The summed E-state index contributed by atoms with van der Waals surface area (Å²) in [6.45, 7) is 0. The van der Waals surface area contributed by atoms with Crippen LogP contribution in [0.1, 0.15) is 0 Å². The van der Waals surface area contributed by atoms with Crippen LogP contribution < -0.4 is 5.73 Å². The fraction of sp³-hybridized carbons (Fsp3) is 0. The Labute approximate surface area is 84.5 Å². The molecule has 5 heteroatoms. The highest BCUT2D eigenvalue weighted by Crippen LogP contribution is 2.30. The molecule has 5 nitrogen and oxygen atoms in total. The molecular formula is C10H7N3O2. The van der Waals surface area contributed by atoms with Crippen molar-refractivity contribution in [3.8, 4) is 11.5 Å². The van der Waals surface area contributed by atoms with Gasteiger partial charge in [-0.25, -0.2) is 0 Å². The van der Waals surface area contributed by atoms with Gasteiger partial charge in [0, 0.05) is 16.3 Å². The van der Waals surface area contributed by atoms with Gasteiger partial charge in [-0.15, -0.1) is 5.10 Å². The fourth-order valence-electron chi connectivity index (χ4n) is 1.48. The average Bonchev–Trinajstić information content (AvgIpc) is 2.86. The molecule has 3 aromatic rings. The van der Waals surface area contributed by atoms with E-state index in [1.807, 2.05) is 24.3 Å². The molecule has 0 atom stereocenters. The highest BCUT2D eigenvalue weighted by atomic mass is 16.5. The van der Waals surface area contributed by atoms with Crippen LogP contribution in [0.4, 0.5) is 5.69 Å². The summed E-state index contributed by atoms with van der Waals surface area (Å²) in [4.78, 5) is 0. The molecular weight excluding hydrogens is 194 g/mol. The standard InChI is InChI=1S/C10H7N3O2/c11-7-2-1-3-8-6(7)4-9(14-8)10-5-12-13-15-10/h1-5H,11H2. The number of aromatic nitrogens is 2. The number of rotatable bonds is 1. The number of benzene rings is 1. The van der Waals surface area contributed by atoms with Crippen molar-refractivity contribution in [2.75, 3.05) is 5.73 Å². The molecule has 0 amide bonds. The van der Waals surface area contributed by atoms with Gasteiger partial charge in [0.2, 0.25) is 5.76 Å². The van der Waals surface area contributed by atoms with E-state index in [0.29, 0.717) is 17.2 Å². The minimum absolute atomic E-state index is 0.491. The average molecular weight is 201 g/mol. The third kappa shape index (κ3) is 1.17. The highest BCUT2D eigenvalue weighted by Gasteiger charge is 2.10. The van der Waals surface area contributed by atoms with E-state index in [9.17, 15) is 0 Å². The number of furan rings is 1. The Balaban J connectivity index is 2.27. The van der Waals surface area contributed by atoms with Gasteiger partial charge in [0.1, 0.15) is 11.8 Å². The monoisotopic (exact) mass is 201 g/mol. The van der Waals surface area contributed by atoms with Gasteiger partial charge in [-0.3, -0.25) is 0 Å². The van der Waals surface area contributed by atoms with Crippen LogP contribution in [0.15, 0.2) is 39.4 Å². The summed E-state index contributed by atoms with van der Waals surface area (Å²) in [6, 6.07) is 7.32. The van der Waals surface area contributed by atoms with Gasteiger partial charge in [0.05, 0.1) is 0 Å². The molecule has 0 spiro atoms. The molecule has 0 radical (unpaired) electrons. The van der Waals surface area contributed by atoms with E-state index in [1.165, 1.54) is 6.20 Å². The van der Waals surface area contributed by atoms with Crippen LogP contribution >= 0.6 is 0 Å². The summed E-state index contributed by atoms with van der Waals surface area (Å²) in [6.07, 6.45) is 1.49. The zero-order valence-electron chi connectivity index (χ0n) is 7.68. The second-order valence-electron chi connectivity index (χ2n) is 3.15. The number of fused-ring (bicyclic) bond motifs is 1. The topological polar surface area (TPSA) is 78.1 Å². The number of anilines is 1. The zero-order chi connectivity index (χ0) is 10.3. The van der Waals surface area contributed by atoms with E-state index >= 15 is 0 Å². The Kier molecular flexibility index (Phi) is 1.53. The largest absolute Gasteiger partial charge is 0.453 e. The number of hydrogen-bond donors (Lipinski definition) is 1. The van der Waals surface area contributed by atoms with Crippen molar-refractivity contribution in [1.29, 1.82) is 0 Å². The van der Waals surface area contributed by atoms with E-state index < -0.39 is 0 Å². The first-order chi connectivity index (χ1) is 7.34. The van der Waals surface area contributed by atoms with Crippen LogP contribution in [-0.2, 0) is 0 Å². The molecule has 0 fully saturated rings. The van der Waals surface area contributed by atoms with Gasteiger partial charge < -0.3 is 14.7 Å². The van der Waals surface area contributed by atoms with Crippen molar-refractivity contribution in [3.63, 3.8) is 0 Å². The maximum atomic E-state index is 5.80. The molecule has 0 aliphatic heterocycles. The first kappa shape index (κ1) is 8.05. The Morgan fingerprint density at radius 3 is 2.87 bits per heavy atom. The van der Waals surface area contributed by atoms with Crippen LogP contribution in [0.25, 0.3) is 22.5 Å². The zero-order valence-corrected chi connectivity index (χ0v) is 7.68. The number of nitrogens with two attached hydrogens (primary N) is 1. The van der Waals surface area contributed by atoms with Crippen LogP contribution in [0, 0.1) is 0 Å². The van der Waals surface area contributed by atoms with Gasteiger partial charge in [-0.2, -0.15) is 0 Å². The Morgan fingerprint density at radius 1 is 1.20 bits per heavy atom. The second-order valence-corrected chi connectivity index (χ2v) is 3.15. The molecule has 0 saturated heterocycles. The van der Waals surface area contributed by atoms with Crippen LogP contribution in [0.3, 0.4) is 0 Å². The minimum Gasteiger partial charge on any atom is -0.453 e. The lowest BCUT2D eigenvalue weighted by Crippen LogP contribution is -1.82. The SMILES string of the molecule is Nc1cccc2oc(-c3cnno3)cc12. The molecule has 1 aromatic carbocycles. The molecule has 0 unspecified atom stereocenters. The van der Waals surface area contributed by atoms with Crippen molar-refractivity contribution in [3.05, 3.63) is 30.5 Å².